The lowest BCUT2D eigenvalue weighted by atomic mass is 10.1. The standard InChI is InChI=1S/C18H23N7S/c1-14-17(26-13-22-14)12-24-9-15(10-25-16(11-24)4-8-23-25)3-7-21-18-19-5-2-6-20-18/h2,4-6,8,13,15H,3,7,9-12H2,1H3,(H,19,20,21). The number of anilines is 1. The number of hydrogen-bond donors (Lipinski definition) is 1. The quantitative estimate of drug-likeness (QED) is 0.720. The predicted octanol–water partition coefficient (Wildman–Crippen LogP) is 2.57. The van der Waals surface area contributed by atoms with E-state index in [1.165, 1.54) is 10.6 Å². The molecule has 0 aromatic carbocycles. The molecular weight excluding hydrogens is 346 g/mol. The molecule has 1 aliphatic heterocycles. The summed E-state index contributed by atoms with van der Waals surface area (Å²) in [4.78, 5) is 16.7. The molecule has 136 valence electrons. The van der Waals surface area contributed by atoms with E-state index >= 15 is 0 Å². The van der Waals surface area contributed by atoms with Crippen molar-refractivity contribution in [2.45, 2.75) is 33.0 Å². The van der Waals surface area contributed by atoms with Crippen LogP contribution in [-0.4, -0.2) is 42.7 Å². The van der Waals surface area contributed by atoms with Crippen molar-refractivity contribution in [2.75, 3.05) is 18.4 Å². The molecule has 1 unspecified atom stereocenters. The molecule has 0 saturated heterocycles. The van der Waals surface area contributed by atoms with Gasteiger partial charge in [0.05, 0.1) is 16.9 Å². The molecular formula is C18H23N7S. The van der Waals surface area contributed by atoms with E-state index in [9.17, 15) is 0 Å². The lowest BCUT2D eigenvalue weighted by Gasteiger charge is -2.23. The smallest absolute Gasteiger partial charge is 0.222 e. The monoisotopic (exact) mass is 369 g/mol. The van der Waals surface area contributed by atoms with Gasteiger partial charge >= 0.3 is 0 Å². The van der Waals surface area contributed by atoms with Gasteiger partial charge in [0.25, 0.3) is 0 Å². The number of rotatable bonds is 6. The van der Waals surface area contributed by atoms with Crippen LogP contribution in [0.15, 0.2) is 36.2 Å². The van der Waals surface area contributed by atoms with Crippen molar-refractivity contribution < 1.29 is 0 Å². The molecule has 1 N–H and O–H groups in total. The molecule has 8 heteroatoms. The van der Waals surface area contributed by atoms with Crippen LogP contribution in [-0.2, 0) is 19.6 Å². The molecule has 1 aliphatic rings. The van der Waals surface area contributed by atoms with Crippen LogP contribution in [0, 0.1) is 12.8 Å². The van der Waals surface area contributed by atoms with Gasteiger partial charge in [-0.25, -0.2) is 15.0 Å². The van der Waals surface area contributed by atoms with Crippen molar-refractivity contribution in [3.05, 3.63) is 52.5 Å². The van der Waals surface area contributed by atoms with Gasteiger partial charge in [-0.05, 0) is 31.4 Å². The third-order valence-electron chi connectivity index (χ3n) is 4.75. The Balaban J connectivity index is 1.41. The van der Waals surface area contributed by atoms with Gasteiger partial charge in [-0.1, -0.05) is 0 Å². The van der Waals surface area contributed by atoms with Crippen molar-refractivity contribution in [1.82, 2.24) is 29.6 Å². The van der Waals surface area contributed by atoms with E-state index in [0.29, 0.717) is 11.9 Å². The first-order valence-electron chi connectivity index (χ1n) is 8.91. The summed E-state index contributed by atoms with van der Waals surface area (Å²) in [6.45, 7) is 6.85. The predicted molar refractivity (Wildman–Crippen MR) is 102 cm³/mol. The normalized spacial score (nSPS) is 17.7. The fourth-order valence-corrected chi connectivity index (χ4v) is 4.20. The zero-order chi connectivity index (χ0) is 17.8. The Hall–Kier alpha value is -2.32. The maximum absolute atomic E-state index is 4.52. The number of fused-ring (bicyclic) bond motifs is 1. The number of thiazole rings is 1. The van der Waals surface area contributed by atoms with Gasteiger partial charge < -0.3 is 5.32 Å². The van der Waals surface area contributed by atoms with E-state index in [1.54, 1.807) is 23.7 Å². The maximum Gasteiger partial charge on any atom is 0.222 e. The molecule has 4 heterocycles. The summed E-state index contributed by atoms with van der Waals surface area (Å²) in [5.74, 6) is 1.22. The van der Waals surface area contributed by atoms with Gasteiger partial charge in [0, 0.05) is 56.2 Å². The zero-order valence-corrected chi connectivity index (χ0v) is 15.7. The summed E-state index contributed by atoms with van der Waals surface area (Å²) in [7, 11) is 0. The van der Waals surface area contributed by atoms with Gasteiger partial charge in [0.2, 0.25) is 5.95 Å². The first-order chi connectivity index (χ1) is 12.8. The highest BCUT2D eigenvalue weighted by molar-refractivity contribution is 7.09. The van der Waals surface area contributed by atoms with Crippen molar-refractivity contribution in [3.63, 3.8) is 0 Å². The van der Waals surface area contributed by atoms with Gasteiger partial charge in [-0.15, -0.1) is 11.3 Å². The fraction of sp³-hybridized carbons (Fsp3) is 0.444. The van der Waals surface area contributed by atoms with Crippen LogP contribution in [0.2, 0.25) is 0 Å². The Morgan fingerprint density at radius 3 is 2.88 bits per heavy atom. The molecule has 0 aliphatic carbocycles. The Bertz CT molecular complexity index is 829. The van der Waals surface area contributed by atoms with E-state index in [4.69, 9.17) is 0 Å². The lowest BCUT2D eigenvalue weighted by molar-refractivity contribution is 0.218. The molecule has 3 aromatic rings. The van der Waals surface area contributed by atoms with Crippen LogP contribution in [0.3, 0.4) is 0 Å². The van der Waals surface area contributed by atoms with Crippen molar-refractivity contribution in [1.29, 1.82) is 0 Å². The van der Waals surface area contributed by atoms with Crippen molar-refractivity contribution >= 4 is 17.3 Å². The Kier molecular flexibility index (Phi) is 5.21. The number of nitrogens with zero attached hydrogens (tertiary/aromatic N) is 6. The van der Waals surface area contributed by atoms with Crippen LogP contribution in [0.1, 0.15) is 22.7 Å². The summed E-state index contributed by atoms with van der Waals surface area (Å²) < 4.78 is 2.16. The highest BCUT2D eigenvalue weighted by atomic mass is 32.1. The minimum absolute atomic E-state index is 0.528. The molecule has 0 radical (unpaired) electrons. The summed E-state index contributed by atoms with van der Waals surface area (Å²) >= 11 is 1.75. The topological polar surface area (TPSA) is 71.8 Å². The van der Waals surface area contributed by atoms with Crippen LogP contribution in [0.5, 0.6) is 0 Å². The molecule has 4 rings (SSSR count). The van der Waals surface area contributed by atoms with Crippen molar-refractivity contribution in [2.24, 2.45) is 5.92 Å². The Labute approximate surface area is 157 Å². The van der Waals surface area contributed by atoms with E-state index in [2.05, 4.69) is 47.9 Å². The minimum Gasteiger partial charge on any atom is -0.354 e. The molecule has 0 spiro atoms. The fourth-order valence-electron chi connectivity index (χ4n) is 3.38. The second-order valence-corrected chi connectivity index (χ2v) is 7.63. The van der Waals surface area contributed by atoms with Gasteiger partial charge in [-0.3, -0.25) is 9.58 Å². The van der Waals surface area contributed by atoms with Crippen molar-refractivity contribution in [3.8, 4) is 0 Å². The summed E-state index contributed by atoms with van der Waals surface area (Å²) in [6.07, 6.45) is 6.48. The highest BCUT2D eigenvalue weighted by Gasteiger charge is 2.23. The first-order valence-corrected chi connectivity index (χ1v) is 9.79. The molecule has 1 atom stereocenters. The van der Waals surface area contributed by atoms with Gasteiger partial charge in [0.1, 0.15) is 0 Å². The number of nitrogens with one attached hydrogen (secondary N) is 1. The van der Waals surface area contributed by atoms with Crippen LogP contribution < -0.4 is 5.32 Å². The summed E-state index contributed by atoms with van der Waals surface area (Å²) in [5.41, 5.74) is 4.37. The number of aromatic nitrogens is 5. The molecule has 0 fully saturated rings. The maximum atomic E-state index is 4.52. The Morgan fingerprint density at radius 1 is 1.19 bits per heavy atom. The van der Waals surface area contributed by atoms with Gasteiger partial charge in [0.15, 0.2) is 0 Å². The molecule has 0 saturated carbocycles. The average molecular weight is 369 g/mol. The Morgan fingerprint density at radius 2 is 2.08 bits per heavy atom. The molecule has 7 nitrogen and oxygen atoms in total. The lowest BCUT2D eigenvalue weighted by Crippen LogP contribution is -2.28. The third kappa shape index (κ3) is 4.08. The summed E-state index contributed by atoms with van der Waals surface area (Å²) in [6, 6.07) is 3.96. The second kappa shape index (κ2) is 7.92. The van der Waals surface area contributed by atoms with Crippen LogP contribution in [0.25, 0.3) is 0 Å². The van der Waals surface area contributed by atoms with E-state index in [1.807, 2.05) is 17.8 Å². The average Bonchev–Trinajstić information content (AvgIpc) is 3.21. The number of aryl methyl sites for hydroxylation is 1. The highest BCUT2D eigenvalue weighted by Crippen LogP contribution is 2.22. The SMILES string of the molecule is Cc1ncsc1CN1Cc2ccnn2CC(CCNc2ncccn2)C1. The molecule has 0 bridgehead atoms. The molecule has 26 heavy (non-hydrogen) atoms. The van der Waals surface area contributed by atoms with E-state index in [-0.39, 0.29) is 0 Å². The van der Waals surface area contributed by atoms with Gasteiger partial charge in [-0.2, -0.15) is 5.10 Å². The number of hydrogen-bond acceptors (Lipinski definition) is 7. The van der Waals surface area contributed by atoms with Crippen LogP contribution in [0.4, 0.5) is 5.95 Å². The second-order valence-electron chi connectivity index (χ2n) is 6.69. The summed E-state index contributed by atoms with van der Waals surface area (Å²) in [5, 5.41) is 7.84. The molecule has 3 aromatic heterocycles. The van der Waals surface area contributed by atoms with E-state index < -0.39 is 0 Å². The first kappa shape index (κ1) is 17.1. The minimum atomic E-state index is 0.528. The molecule has 0 amide bonds. The van der Waals surface area contributed by atoms with Crippen LogP contribution >= 0.6 is 11.3 Å². The largest absolute Gasteiger partial charge is 0.354 e. The van der Waals surface area contributed by atoms with E-state index in [0.717, 1.165) is 44.8 Å². The third-order valence-corrected chi connectivity index (χ3v) is 5.67. The zero-order valence-electron chi connectivity index (χ0n) is 14.9.